The molecule has 1 unspecified atom stereocenters. The zero-order valence-corrected chi connectivity index (χ0v) is 7.10. The van der Waals surface area contributed by atoms with Crippen LogP contribution < -0.4 is 0 Å². The van der Waals surface area contributed by atoms with Crippen LogP contribution in [0.15, 0.2) is 0 Å². The van der Waals surface area contributed by atoms with E-state index in [1.807, 2.05) is 11.8 Å². The van der Waals surface area contributed by atoms with Crippen molar-refractivity contribution in [2.45, 2.75) is 6.42 Å². The van der Waals surface area contributed by atoms with Gasteiger partial charge in [-0.1, -0.05) is 0 Å². The van der Waals surface area contributed by atoms with E-state index in [9.17, 15) is 4.79 Å². The fraction of sp³-hybridized carbons (Fsp3) is 0.857. The highest BCUT2D eigenvalue weighted by Gasteiger charge is 2.16. The molecule has 0 amide bonds. The summed E-state index contributed by atoms with van der Waals surface area (Å²) in [5.41, 5.74) is 0. The Balaban J connectivity index is 2.06. The number of aliphatic hydroxyl groups is 1. The number of thioether (sulfide) groups is 1. The van der Waals surface area contributed by atoms with Gasteiger partial charge in [0, 0.05) is 5.92 Å². The molecule has 4 heteroatoms. The Bertz CT molecular complexity index is 132. The molecule has 1 saturated heterocycles. The second-order valence-corrected chi connectivity index (χ2v) is 3.72. The molecule has 0 bridgehead atoms. The number of esters is 1. The first-order valence-corrected chi connectivity index (χ1v) is 4.82. The molecule has 0 aromatic carbocycles. The molecule has 1 N–H and O–H groups in total. The third kappa shape index (κ3) is 3.12. The Morgan fingerprint density at radius 2 is 2.55 bits per heavy atom. The van der Waals surface area contributed by atoms with Crippen molar-refractivity contribution in [1.29, 1.82) is 0 Å². The standard InChI is InChI=1S/C7H12O3S/c8-3-7(9)10-4-6-1-2-11-5-6/h6,8H,1-5H2. The van der Waals surface area contributed by atoms with Gasteiger partial charge in [-0.2, -0.15) is 11.8 Å². The van der Waals surface area contributed by atoms with Gasteiger partial charge in [0.25, 0.3) is 0 Å². The average Bonchev–Trinajstić information content (AvgIpc) is 2.52. The van der Waals surface area contributed by atoms with Crippen molar-refractivity contribution in [3.8, 4) is 0 Å². The van der Waals surface area contributed by atoms with Crippen LogP contribution in [0.25, 0.3) is 0 Å². The maximum absolute atomic E-state index is 10.5. The van der Waals surface area contributed by atoms with Gasteiger partial charge in [0.05, 0.1) is 6.61 Å². The summed E-state index contributed by atoms with van der Waals surface area (Å²) in [6.07, 6.45) is 1.13. The van der Waals surface area contributed by atoms with Gasteiger partial charge in [-0.15, -0.1) is 0 Å². The fourth-order valence-corrected chi connectivity index (χ4v) is 2.23. The van der Waals surface area contributed by atoms with Crippen molar-refractivity contribution in [3.63, 3.8) is 0 Å². The second-order valence-electron chi connectivity index (χ2n) is 2.57. The lowest BCUT2D eigenvalue weighted by molar-refractivity contribution is -0.148. The van der Waals surface area contributed by atoms with Crippen LogP contribution in [0.5, 0.6) is 0 Å². The Kier molecular flexibility index (Phi) is 3.72. The molecular formula is C7H12O3S. The lowest BCUT2D eigenvalue weighted by Crippen LogP contribution is -2.15. The van der Waals surface area contributed by atoms with Gasteiger partial charge < -0.3 is 9.84 Å². The van der Waals surface area contributed by atoms with Crippen molar-refractivity contribution in [3.05, 3.63) is 0 Å². The fourth-order valence-electron chi connectivity index (χ4n) is 0.971. The molecule has 0 saturated carbocycles. The quantitative estimate of drug-likeness (QED) is 0.627. The molecular weight excluding hydrogens is 164 g/mol. The van der Waals surface area contributed by atoms with E-state index in [4.69, 9.17) is 9.84 Å². The molecule has 1 rings (SSSR count). The van der Waals surface area contributed by atoms with E-state index >= 15 is 0 Å². The molecule has 1 aliphatic rings. The monoisotopic (exact) mass is 176 g/mol. The van der Waals surface area contributed by atoms with E-state index in [2.05, 4.69) is 0 Å². The smallest absolute Gasteiger partial charge is 0.331 e. The first-order valence-electron chi connectivity index (χ1n) is 3.67. The highest BCUT2D eigenvalue weighted by atomic mass is 32.2. The zero-order chi connectivity index (χ0) is 8.10. The number of aliphatic hydroxyl groups excluding tert-OH is 1. The second kappa shape index (κ2) is 4.62. The summed E-state index contributed by atoms with van der Waals surface area (Å²) >= 11 is 1.89. The minimum absolute atomic E-state index is 0.479. The van der Waals surface area contributed by atoms with Crippen LogP contribution >= 0.6 is 11.8 Å². The van der Waals surface area contributed by atoms with Gasteiger partial charge in [0.15, 0.2) is 0 Å². The average molecular weight is 176 g/mol. The highest BCUT2D eigenvalue weighted by Crippen LogP contribution is 2.23. The molecule has 0 aromatic rings. The molecule has 0 aromatic heterocycles. The van der Waals surface area contributed by atoms with Crippen LogP contribution in [0.3, 0.4) is 0 Å². The summed E-state index contributed by atoms with van der Waals surface area (Å²) in [5, 5.41) is 8.33. The molecule has 1 fully saturated rings. The third-order valence-corrected chi connectivity index (χ3v) is 2.86. The SMILES string of the molecule is O=C(CO)OCC1CCSC1. The van der Waals surface area contributed by atoms with Crippen molar-refractivity contribution in [2.24, 2.45) is 5.92 Å². The van der Waals surface area contributed by atoms with E-state index in [-0.39, 0.29) is 0 Å². The lowest BCUT2D eigenvalue weighted by Gasteiger charge is -2.07. The van der Waals surface area contributed by atoms with E-state index in [1.165, 1.54) is 5.75 Å². The minimum atomic E-state index is -0.512. The number of carbonyl (C=O) groups excluding carboxylic acids is 1. The van der Waals surface area contributed by atoms with Gasteiger partial charge in [-0.25, -0.2) is 4.79 Å². The summed E-state index contributed by atoms with van der Waals surface area (Å²) < 4.78 is 4.77. The molecule has 64 valence electrons. The van der Waals surface area contributed by atoms with Crippen LogP contribution in [0, 0.1) is 5.92 Å². The predicted molar refractivity (Wildman–Crippen MR) is 43.5 cm³/mol. The number of ether oxygens (including phenoxy) is 1. The first kappa shape index (κ1) is 8.87. The van der Waals surface area contributed by atoms with Crippen molar-refractivity contribution < 1.29 is 14.6 Å². The van der Waals surface area contributed by atoms with E-state index in [1.54, 1.807) is 0 Å². The summed E-state index contributed by atoms with van der Waals surface area (Å²) in [4.78, 5) is 10.5. The Hall–Kier alpha value is -0.220. The first-order chi connectivity index (χ1) is 5.33. The summed E-state index contributed by atoms with van der Waals surface area (Å²) in [6, 6.07) is 0. The minimum Gasteiger partial charge on any atom is -0.464 e. The van der Waals surface area contributed by atoms with Crippen LogP contribution in [-0.4, -0.2) is 35.8 Å². The Morgan fingerprint density at radius 1 is 1.73 bits per heavy atom. The normalized spacial score (nSPS) is 23.5. The number of carbonyl (C=O) groups is 1. The maximum Gasteiger partial charge on any atom is 0.331 e. The maximum atomic E-state index is 10.5. The topological polar surface area (TPSA) is 46.5 Å². The van der Waals surface area contributed by atoms with E-state index in [0.717, 1.165) is 12.2 Å². The molecule has 11 heavy (non-hydrogen) atoms. The summed E-state index contributed by atoms with van der Waals surface area (Å²) in [6.45, 7) is -0.0216. The zero-order valence-electron chi connectivity index (χ0n) is 6.28. The predicted octanol–water partition coefficient (Wildman–Crippen LogP) is 0.275. The number of rotatable bonds is 3. The van der Waals surface area contributed by atoms with Gasteiger partial charge in [0.2, 0.25) is 0 Å². The highest BCUT2D eigenvalue weighted by molar-refractivity contribution is 7.99. The summed E-state index contributed by atoms with van der Waals surface area (Å²) in [5.74, 6) is 2.25. The van der Waals surface area contributed by atoms with Gasteiger partial charge in [-0.05, 0) is 17.9 Å². The van der Waals surface area contributed by atoms with Crippen molar-refractivity contribution in [1.82, 2.24) is 0 Å². The van der Waals surface area contributed by atoms with Gasteiger partial charge >= 0.3 is 5.97 Å². The molecule has 1 heterocycles. The van der Waals surface area contributed by atoms with Crippen LogP contribution in [0.1, 0.15) is 6.42 Å². The molecule has 0 radical (unpaired) electrons. The molecule has 1 aliphatic heterocycles. The molecule has 0 spiro atoms. The van der Waals surface area contributed by atoms with Crippen molar-refractivity contribution >= 4 is 17.7 Å². The Labute approximate surface area is 70.1 Å². The van der Waals surface area contributed by atoms with Crippen LogP contribution in [0.2, 0.25) is 0 Å². The summed E-state index contributed by atoms with van der Waals surface area (Å²) in [7, 11) is 0. The Morgan fingerprint density at radius 3 is 3.09 bits per heavy atom. The largest absolute Gasteiger partial charge is 0.464 e. The van der Waals surface area contributed by atoms with E-state index < -0.39 is 12.6 Å². The molecule has 0 aliphatic carbocycles. The molecule has 1 atom stereocenters. The van der Waals surface area contributed by atoms with Gasteiger partial charge in [0.1, 0.15) is 6.61 Å². The van der Waals surface area contributed by atoms with Crippen molar-refractivity contribution in [2.75, 3.05) is 24.7 Å². The van der Waals surface area contributed by atoms with Gasteiger partial charge in [-0.3, -0.25) is 0 Å². The van der Waals surface area contributed by atoms with Crippen LogP contribution in [0.4, 0.5) is 0 Å². The number of hydrogen-bond donors (Lipinski definition) is 1. The molecule has 3 nitrogen and oxygen atoms in total. The lowest BCUT2D eigenvalue weighted by atomic mass is 10.1. The third-order valence-electron chi connectivity index (χ3n) is 1.63. The number of hydrogen-bond acceptors (Lipinski definition) is 4. The van der Waals surface area contributed by atoms with Crippen LogP contribution in [-0.2, 0) is 9.53 Å². The van der Waals surface area contributed by atoms with E-state index in [0.29, 0.717) is 12.5 Å².